The summed E-state index contributed by atoms with van der Waals surface area (Å²) in [6.07, 6.45) is 3.54. The minimum absolute atomic E-state index is 0.00895. The molecule has 162 valence electrons. The molecule has 0 aliphatic heterocycles. The van der Waals surface area contributed by atoms with Crippen LogP contribution >= 0.6 is 0 Å². The molecule has 0 saturated heterocycles. The fourth-order valence-electron chi connectivity index (χ4n) is 5.11. The number of fused-ring (bicyclic) bond motifs is 1. The quantitative estimate of drug-likeness (QED) is 0.594. The zero-order valence-corrected chi connectivity index (χ0v) is 18.4. The number of amides is 1. The van der Waals surface area contributed by atoms with Gasteiger partial charge in [0.15, 0.2) is 0 Å². The fraction of sp³-hybridized carbons (Fsp3) is 0.480. The molecule has 30 heavy (non-hydrogen) atoms. The Morgan fingerprint density at radius 1 is 1.20 bits per heavy atom. The first-order valence-electron chi connectivity index (χ1n) is 10.9. The molecular formula is C25H35N3O2. The van der Waals surface area contributed by atoms with Gasteiger partial charge in [-0.05, 0) is 48.1 Å². The number of hydrogen-bond acceptors (Lipinski definition) is 4. The molecule has 0 bridgehead atoms. The van der Waals surface area contributed by atoms with E-state index in [0.29, 0.717) is 12.1 Å². The van der Waals surface area contributed by atoms with E-state index in [0.717, 1.165) is 25.7 Å². The standard InChI is InChI=1S/C25H35N3O2/c1-4-25(5-2)21-14-19(24(27)29)12-11-18(21)15-22(30-3)23(25)28-16-20(26)13-17-9-7-6-8-10-17/h6-12,14,20,22-23,28H,4-5,13,15-16,26H2,1-3H3,(H2,27,29)/t20-,22-,23+/m1/s1. The molecule has 2 aromatic rings. The fourth-order valence-corrected chi connectivity index (χ4v) is 5.11. The average Bonchev–Trinajstić information content (AvgIpc) is 2.77. The maximum Gasteiger partial charge on any atom is 0.248 e. The first-order chi connectivity index (χ1) is 14.4. The molecule has 0 saturated carbocycles. The molecule has 5 N–H and O–H groups in total. The molecule has 0 aromatic heterocycles. The second-order valence-corrected chi connectivity index (χ2v) is 8.41. The van der Waals surface area contributed by atoms with E-state index in [9.17, 15) is 4.79 Å². The number of nitrogens with one attached hydrogen (secondary N) is 1. The minimum Gasteiger partial charge on any atom is -0.379 e. The maximum atomic E-state index is 11.8. The SMILES string of the molecule is CCC1(CC)c2cc(C(N)=O)ccc2C[C@@H](OC)[C@@H]1NC[C@H](N)Cc1ccccc1. The van der Waals surface area contributed by atoms with E-state index in [1.54, 1.807) is 7.11 Å². The van der Waals surface area contributed by atoms with E-state index >= 15 is 0 Å². The van der Waals surface area contributed by atoms with E-state index in [1.807, 2.05) is 36.4 Å². The van der Waals surface area contributed by atoms with Crippen LogP contribution in [0.2, 0.25) is 0 Å². The van der Waals surface area contributed by atoms with Gasteiger partial charge in [0.1, 0.15) is 0 Å². The Morgan fingerprint density at radius 2 is 1.90 bits per heavy atom. The summed E-state index contributed by atoms with van der Waals surface area (Å²) in [4.78, 5) is 11.8. The second kappa shape index (κ2) is 9.73. The van der Waals surface area contributed by atoms with Gasteiger partial charge in [-0.1, -0.05) is 50.2 Å². The highest BCUT2D eigenvalue weighted by Crippen LogP contribution is 2.44. The molecule has 0 spiro atoms. The molecule has 3 atom stereocenters. The number of hydrogen-bond donors (Lipinski definition) is 3. The van der Waals surface area contributed by atoms with Crippen LogP contribution < -0.4 is 16.8 Å². The van der Waals surface area contributed by atoms with E-state index in [4.69, 9.17) is 16.2 Å². The third-order valence-electron chi connectivity index (χ3n) is 6.82. The highest BCUT2D eigenvalue weighted by atomic mass is 16.5. The first-order valence-corrected chi connectivity index (χ1v) is 10.9. The summed E-state index contributed by atoms with van der Waals surface area (Å²) in [6, 6.07) is 16.3. The second-order valence-electron chi connectivity index (χ2n) is 8.41. The van der Waals surface area contributed by atoms with Gasteiger partial charge in [-0.2, -0.15) is 0 Å². The van der Waals surface area contributed by atoms with Crippen LogP contribution in [0.25, 0.3) is 0 Å². The monoisotopic (exact) mass is 409 g/mol. The number of primary amides is 1. The highest BCUT2D eigenvalue weighted by molar-refractivity contribution is 5.93. The van der Waals surface area contributed by atoms with Crippen LogP contribution in [0.3, 0.4) is 0 Å². The molecule has 0 radical (unpaired) electrons. The number of methoxy groups -OCH3 is 1. The molecule has 0 heterocycles. The Kier molecular flexibility index (Phi) is 7.29. The summed E-state index contributed by atoms with van der Waals surface area (Å²) >= 11 is 0. The molecule has 5 nitrogen and oxygen atoms in total. The Morgan fingerprint density at radius 3 is 2.50 bits per heavy atom. The Hall–Kier alpha value is -2.21. The van der Waals surface area contributed by atoms with Crippen molar-refractivity contribution in [3.05, 3.63) is 70.8 Å². The zero-order chi connectivity index (χ0) is 21.7. The molecular weight excluding hydrogens is 374 g/mol. The van der Waals surface area contributed by atoms with Gasteiger partial charge in [0.05, 0.1) is 6.10 Å². The van der Waals surface area contributed by atoms with Crippen molar-refractivity contribution >= 4 is 5.91 Å². The molecule has 0 fully saturated rings. The van der Waals surface area contributed by atoms with Crippen LogP contribution in [-0.4, -0.2) is 37.7 Å². The smallest absolute Gasteiger partial charge is 0.248 e. The summed E-state index contributed by atoms with van der Waals surface area (Å²) in [6.45, 7) is 5.12. The molecule has 1 aliphatic rings. The van der Waals surface area contributed by atoms with Crippen LogP contribution in [-0.2, 0) is 23.0 Å². The van der Waals surface area contributed by atoms with Gasteiger partial charge < -0.3 is 21.5 Å². The predicted octanol–water partition coefficient (Wildman–Crippen LogP) is 2.94. The van der Waals surface area contributed by atoms with Gasteiger partial charge in [0.2, 0.25) is 5.91 Å². The van der Waals surface area contributed by atoms with E-state index in [1.165, 1.54) is 16.7 Å². The van der Waals surface area contributed by atoms with E-state index < -0.39 is 0 Å². The Labute approximate surface area is 180 Å². The maximum absolute atomic E-state index is 11.8. The summed E-state index contributed by atoms with van der Waals surface area (Å²) < 4.78 is 5.95. The van der Waals surface area contributed by atoms with Crippen molar-refractivity contribution in [2.45, 2.75) is 63.1 Å². The lowest BCUT2D eigenvalue weighted by Gasteiger charge is -2.49. The minimum atomic E-state index is -0.387. The van der Waals surface area contributed by atoms with Crippen molar-refractivity contribution in [1.29, 1.82) is 0 Å². The number of rotatable bonds is 9. The van der Waals surface area contributed by atoms with E-state index in [-0.39, 0.29) is 29.5 Å². The van der Waals surface area contributed by atoms with E-state index in [2.05, 4.69) is 31.3 Å². The van der Waals surface area contributed by atoms with Crippen LogP contribution in [0.5, 0.6) is 0 Å². The van der Waals surface area contributed by atoms with Gasteiger partial charge in [0, 0.05) is 43.1 Å². The lowest BCUT2D eigenvalue weighted by Crippen LogP contribution is -2.60. The third-order valence-corrected chi connectivity index (χ3v) is 6.82. The molecule has 0 unspecified atom stereocenters. The Bertz CT molecular complexity index is 849. The van der Waals surface area contributed by atoms with Gasteiger partial charge in [-0.3, -0.25) is 4.79 Å². The number of carbonyl (C=O) groups excluding carboxylic acids is 1. The summed E-state index contributed by atoms with van der Waals surface area (Å²) in [5.74, 6) is -0.387. The first kappa shape index (κ1) is 22.5. The topological polar surface area (TPSA) is 90.4 Å². The van der Waals surface area contributed by atoms with Gasteiger partial charge in [0.25, 0.3) is 0 Å². The number of ether oxygens (including phenoxy) is 1. The predicted molar refractivity (Wildman–Crippen MR) is 122 cm³/mol. The average molecular weight is 410 g/mol. The summed E-state index contributed by atoms with van der Waals surface area (Å²) in [5.41, 5.74) is 16.2. The van der Waals surface area contributed by atoms with Gasteiger partial charge in [-0.25, -0.2) is 0 Å². The largest absolute Gasteiger partial charge is 0.379 e. The van der Waals surface area contributed by atoms with Gasteiger partial charge >= 0.3 is 0 Å². The van der Waals surface area contributed by atoms with Crippen molar-refractivity contribution in [2.24, 2.45) is 11.5 Å². The van der Waals surface area contributed by atoms with Crippen molar-refractivity contribution in [1.82, 2.24) is 5.32 Å². The molecule has 1 amide bonds. The molecule has 5 heteroatoms. The molecule has 2 aromatic carbocycles. The Balaban J connectivity index is 1.87. The number of benzene rings is 2. The molecule has 3 rings (SSSR count). The van der Waals surface area contributed by atoms with Crippen LogP contribution in [0, 0.1) is 0 Å². The summed E-state index contributed by atoms with van der Waals surface area (Å²) in [7, 11) is 1.78. The van der Waals surface area contributed by atoms with Crippen molar-refractivity contribution in [3.63, 3.8) is 0 Å². The van der Waals surface area contributed by atoms with Crippen LogP contribution in [0.15, 0.2) is 48.5 Å². The van der Waals surface area contributed by atoms with Crippen molar-refractivity contribution in [3.8, 4) is 0 Å². The van der Waals surface area contributed by atoms with Crippen LogP contribution in [0.4, 0.5) is 0 Å². The van der Waals surface area contributed by atoms with Crippen LogP contribution in [0.1, 0.15) is 53.7 Å². The molecule has 1 aliphatic carbocycles. The number of nitrogens with two attached hydrogens (primary N) is 2. The third kappa shape index (κ3) is 4.43. The highest BCUT2D eigenvalue weighted by Gasteiger charge is 2.46. The normalized spacial score (nSPS) is 21.1. The van der Waals surface area contributed by atoms with Gasteiger partial charge in [-0.15, -0.1) is 0 Å². The lowest BCUT2D eigenvalue weighted by molar-refractivity contribution is 0.0240. The number of carbonyl (C=O) groups is 1. The van der Waals surface area contributed by atoms with Crippen molar-refractivity contribution < 1.29 is 9.53 Å². The zero-order valence-electron chi connectivity index (χ0n) is 18.4. The van der Waals surface area contributed by atoms with Crippen molar-refractivity contribution in [2.75, 3.05) is 13.7 Å². The lowest BCUT2D eigenvalue weighted by atomic mass is 9.62. The summed E-state index contributed by atoms with van der Waals surface area (Å²) in [5, 5.41) is 3.76.